The maximum Gasteiger partial charge on any atom is 0.240 e. The lowest BCUT2D eigenvalue weighted by molar-refractivity contribution is 0.254. The first-order valence-corrected chi connectivity index (χ1v) is 7.31. The van der Waals surface area contributed by atoms with Crippen LogP contribution >= 0.6 is 0 Å². The summed E-state index contributed by atoms with van der Waals surface area (Å²) in [5.74, 6) is 2.62. The highest BCUT2D eigenvalue weighted by Crippen LogP contribution is 2.20. The molecule has 5 nitrogen and oxygen atoms in total. The molecule has 0 saturated carbocycles. The Kier molecular flexibility index (Phi) is 5.33. The van der Waals surface area contributed by atoms with Crippen molar-refractivity contribution in [2.24, 2.45) is 0 Å². The van der Waals surface area contributed by atoms with E-state index in [4.69, 9.17) is 9.26 Å². The predicted molar refractivity (Wildman–Crippen MR) is 81.2 cm³/mol. The lowest BCUT2D eigenvalue weighted by Gasteiger charge is -2.16. The minimum Gasteiger partial charge on any atom is -0.494 e. The van der Waals surface area contributed by atoms with Crippen molar-refractivity contribution < 1.29 is 9.26 Å². The van der Waals surface area contributed by atoms with Crippen LogP contribution in [0.2, 0.25) is 0 Å². The summed E-state index contributed by atoms with van der Waals surface area (Å²) in [5.41, 5.74) is 1.16. The fourth-order valence-corrected chi connectivity index (χ4v) is 2.08. The highest BCUT2D eigenvalue weighted by molar-refractivity contribution is 5.33. The number of rotatable bonds is 7. The predicted octanol–water partition coefficient (Wildman–Crippen LogP) is 3.22. The van der Waals surface area contributed by atoms with Gasteiger partial charge in [0.25, 0.3) is 0 Å². The van der Waals surface area contributed by atoms with Crippen LogP contribution in [0.15, 0.2) is 28.8 Å². The maximum atomic E-state index is 5.65. The van der Waals surface area contributed by atoms with E-state index in [0.717, 1.165) is 23.7 Å². The van der Waals surface area contributed by atoms with Crippen LogP contribution in [0.3, 0.4) is 0 Å². The first-order valence-electron chi connectivity index (χ1n) is 7.31. The van der Waals surface area contributed by atoms with Gasteiger partial charge in [-0.05, 0) is 20.0 Å². The van der Waals surface area contributed by atoms with Gasteiger partial charge in [-0.15, -0.1) is 0 Å². The Bertz CT molecular complexity index is 566. The molecule has 5 heteroatoms. The van der Waals surface area contributed by atoms with Crippen LogP contribution in [-0.2, 0) is 13.1 Å². The van der Waals surface area contributed by atoms with E-state index in [1.807, 2.05) is 32.2 Å². The fraction of sp³-hybridized carbons (Fsp3) is 0.500. The van der Waals surface area contributed by atoms with E-state index in [2.05, 4.69) is 35.0 Å². The third-order valence-corrected chi connectivity index (χ3v) is 3.12. The maximum absolute atomic E-state index is 5.65. The summed E-state index contributed by atoms with van der Waals surface area (Å²) in [6.07, 6.45) is 0. The Morgan fingerprint density at radius 2 is 2.00 bits per heavy atom. The van der Waals surface area contributed by atoms with Crippen molar-refractivity contribution in [1.82, 2.24) is 15.0 Å². The van der Waals surface area contributed by atoms with Gasteiger partial charge in [0.1, 0.15) is 5.75 Å². The Morgan fingerprint density at radius 1 is 1.24 bits per heavy atom. The van der Waals surface area contributed by atoms with E-state index in [-0.39, 0.29) is 5.92 Å². The van der Waals surface area contributed by atoms with Crippen LogP contribution in [0.1, 0.15) is 44.0 Å². The number of para-hydroxylation sites is 1. The van der Waals surface area contributed by atoms with E-state index in [0.29, 0.717) is 19.0 Å². The smallest absolute Gasteiger partial charge is 0.240 e. The number of ether oxygens (including phenoxy) is 1. The number of hydrogen-bond donors (Lipinski definition) is 0. The highest BCUT2D eigenvalue weighted by Gasteiger charge is 2.13. The van der Waals surface area contributed by atoms with Crippen molar-refractivity contribution in [3.63, 3.8) is 0 Å². The van der Waals surface area contributed by atoms with E-state index in [1.165, 1.54) is 0 Å². The van der Waals surface area contributed by atoms with E-state index >= 15 is 0 Å². The molecule has 2 rings (SSSR count). The molecule has 1 heterocycles. The molecule has 0 amide bonds. The van der Waals surface area contributed by atoms with Crippen LogP contribution in [0, 0.1) is 0 Å². The third kappa shape index (κ3) is 4.29. The van der Waals surface area contributed by atoms with Gasteiger partial charge in [-0.25, -0.2) is 0 Å². The molecule has 0 aliphatic rings. The Hall–Kier alpha value is -1.88. The van der Waals surface area contributed by atoms with Gasteiger partial charge in [-0.2, -0.15) is 4.98 Å². The summed E-state index contributed by atoms with van der Waals surface area (Å²) in [7, 11) is 2.03. The van der Waals surface area contributed by atoms with Crippen LogP contribution < -0.4 is 4.74 Å². The fourth-order valence-electron chi connectivity index (χ4n) is 2.08. The van der Waals surface area contributed by atoms with Gasteiger partial charge in [0.05, 0.1) is 13.2 Å². The van der Waals surface area contributed by atoms with Crippen LogP contribution in [-0.4, -0.2) is 28.7 Å². The van der Waals surface area contributed by atoms with Gasteiger partial charge in [-0.1, -0.05) is 37.2 Å². The summed E-state index contributed by atoms with van der Waals surface area (Å²) in [5, 5.41) is 3.99. The molecular formula is C16H23N3O2. The van der Waals surface area contributed by atoms with Gasteiger partial charge >= 0.3 is 0 Å². The summed E-state index contributed by atoms with van der Waals surface area (Å²) >= 11 is 0. The minimum absolute atomic E-state index is 0.284. The van der Waals surface area contributed by atoms with Gasteiger partial charge in [-0.3, -0.25) is 4.90 Å². The lowest BCUT2D eigenvalue weighted by Crippen LogP contribution is -2.18. The van der Waals surface area contributed by atoms with Crippen LogP contribution in [0.5, 0.6) is 5.75 Å². The quantitative estimate of drug-likeness (QED) is 0.783. The van der Waals surface area contributed by atoms with Crippen molar-refractivity contribution in [3.05, 3.63) is 41.5 Å². The normalized spacial score (nSPS) is 11.3. The second kappa shape index (κ2) is 7.22. The van der Waals surface area contributed by atoms with Gasteiger partial charge in [0.2, 0.25) is 5.89 Å². The Morgan fingerprint density at radius 3 is 2.67 bits per heavy atom. The summed E-state index contributed by atoms with van der Waals surface area (Å²) in [6, 6.07) is 8.09. The molecule has 1 aromatic heterocycles. The molecule has 1 aromatic carbocycles. The van der Waals surface area contributed by atoms with Crippen molar-refractivity contribution >= 4 is 0 Å². The number of hydrogen-bond acceptors (Lipinski definition) is 5. The van der Waals surface area contributed by atoms with E-state index < -0.39 is 0 Å². The zero-order valence-electron chi connectivity index (χ0n) is 13.2. The Balaban J connectivity index is 1.99. The topological polar surface area (TPSA) is 51.4 Å². The minimum atomic E-state index is 0.284. The third-order valence-electron chi connectivity index (χ3n) is 3.12. The van der Waals surface area contributed by atoms with Gasteiger partial charge in [0.15, 0.2) is 5.82 Å². The summed E-state index contributed by atoms with van der Waals surface area (Å²) in [6.45, 7) is 8.16. The van der Waals surface area contributed by atoms with Gasteiger partial charge < -0.3 is 9.26 Å². The zero-order valence-corrected chi connectivity index (χ0v) is 13.2. The SMILES string of the molecule is CCOc1ccccc1CN(C)Cc1nc(C(C)C)no1. The molecule has 0 aliphatic heterocycles. The monoisotopic (exact) mass is 289 g/mol. The molecule has 0 aliphatic carbocycles. The molecule has 0 unspecified atom stereocenters. The van der Waals surface area contributed by atoms with Crippen molar-refractivity contribution in [1.29, 1.82) is 0 Å². The second-order valence-electron chi connectivity index (χ2n) is 5.41. The standard InChI is InChI=1S/C16H23N3O2/c1-5-20-14-9-7-6-8-13(14)10-19(4)11-15-17-16(12(2)3)18-21-15/h6-9,12H,5,10-11H2,1-4H3. The molecule has 0 radical (unpaired) electrons. The highest BCUT2D eigenvalue weighted by atomic mass is 16.5. The molecule has 21 heavy (non-hydrogen) atoms. The average Bonchev–Trinajstić information content (AvgIpc) is 2.90. The molecule has 0 bridgehead atoms. The first kappa shape index (κ1) is 15.5. The average molecular weight is 289 g/mol. The molecule has 0 N–H and O–H groups in total. The van der Waals surface area contributed by atoms with E-state index in [1.54, 1.807) is 0 Å². The molecular weight excluding hydrogens is 266 g/mol. The number of nitrogens with zero attached hydrogens (tertiary/aromatic N) is 3. The van der Waals surface area contributed by atoms with Crippen LogP contribution in [0.25, 0.3) is 0 Å². The van der Waals surface area contributed by atoms with Crippen molar-refractivity contribution in [3.8, 4) is 5.75 Å². The number of aromatic nitrogens is 2. The Labute approximate surface area is 125 Å². The lowest BCUT2D eigenvalue weighted by atomic mass is 10.2. The molecule has 0 fully saturated rings. The summed E-state index contributed by atoms with van der Waals surface area (Å²) in [4.78, 5) is 6.53. The van der Waals surface area contributed by atoms with Gasteiger partial charge in [0, 0.05) is 18.0 Å². The number of benzene rings is 1. The molecule has 0 atom stereocenters. The summed E-state index contributed by atoms with van der Waals surface area (Å²) < 4.78 is 10.9. The molecule has 0 spiro atoms. The van der Waals surface area contributed by atoms with Crippen LogP contribution in [0.4, 0.5) is 0 Å². The zero-order chi connectivity index (χ0) is 15.2. The van der Waals surface area contributed by atoms with Crippen molar-refractivity contribution in [2.45, 2.75) is 39.8 Å². The largest absolute Gasteiger partial charge is 0.494 e. The molecule has 0 saturated heterocycles. The van der Waals surface area contributed by atoms with Crippen molar-refractivity contribution in [2.75, 3.05) is 13.7 Å². The van der Waals surface area contributed by atoms with E-state index in [9.17, 15) is 0 Å². The molecule has 2 aromatic rings. The first-order chi connectivity index (χ1) is 10.1. The second-order valence-corrected chi connectivity index (χ2v) is 5.41. The molecule has 114 valence electrons.